The Morgan fingerprint density at radius 1 is 1.33 bits per heavy atom. The number of ether oxygens (including phenoxy) is 1. The molecule has 0 aliphatic heterocycles. The normalized spacial score (nSPS) is 14.3. The van der Waals surface area contributed by atoms with Crippen molar-refractivity contribution in [2.24, 2.45) is 0 Å². The van der Waals surface area contributed by atoms with Crippen molar-refractivity contribution in [1.82, 2.24) is 4.98 Å². The largest absolute Gasteiger partial charge is 0.487 e. The SMILES string of the molecule is O=C1CCCc2cc(OCc3cscn3)ccc21. The first-order valence-electron chi connectivity index (χ1n) is 5.99. The Morgan fingerprint density at radius 3 is 3.11 bits per heavy atom. The highest BCUT2D eigenvalue weighted by Crippen LogP contribution is 2.25. The molecule has 1 heterocycles. The number of fused-ring (bicyclic) bond motifs is 1. The van der Waals surface area contributed by atoms with Crippen molar-refractivity contribution < 1.29 is 9.53 Å². The maximum Gasteiger partial charge on any atom is 0.163 e. The predicted octanol–water partition coefficient (Wildman–Crippen LogP) is 3.24. The van der Waals surface area contributed by atoms with E-state index < -0.39 is 0 Å². The quantitative estimate of drug-likeness (QED) is 0.849. The van der Waals surface area contributed by atoms with Crippen LogP contribution in [0, 0.1) is 0 Å². The van der Waals surface area contributed by atoms with Crippen LogP contribution in [0.15, 0.2) is 29.1 Å². The number of thiazole rings is 1. The number of Topliss-reactive ketones (excluding diaryl/α,β-unsaturated/α-hetero) is 1. The number of carbonyl (C=O) groups excluding carboxylic acids is 1. The zero-order valence-electron chi connectivity index (χ0n) is 9.89. The molecule has 4 heteroatoms. The zero-order valence-corrected chi connectivity index (χ0v) is 10.7. The van der Waals surface area contributed by atoms with E-state index in [2.05, 4.69) is 4.98 Å². The van der Waals surface area contributed by atoms with Gasteiger partial charge >= 0.3 is 0 Å². The lowest BCUT2D eigenvalue weighted by molar-refractivity contribution is 0.0972. The number of ketones is 1. The number of nitrogens with zero attached hydrogens (tertiary/aromatic N) is 1. The van der Waals surface area contributed by atoms with E-state index in [0.29, 0.717) is 13.0 Å². The molecule has 0 saturated carbocycles. The summed E-state index contributed by atoms with van der Waals surface area (Å²) in [5, 5.41) is 1.97. The number of benzene rings is 1. The monoisotopic (exact) mass is 259 g/mol. The number of aryl methyl sites for hydroxylation is 1. The van der Waals surface area contributed by atoms with Gasteiger partial charge in [0.25, 0.3) is 0 Å². The molecule has 0 unspecified atom stereocenters. The van der Waals surface area contributed by atoms with Gasteiger partial charge < -0.3 is 4.74 Å². The van der Waals surface area contributed by atoms with E-state index in [1.165, 1.54) is 0 Å². The minimum absolute atomic E-state index is 0.252. The molecule has 1 aromatic carbocycles. The van der Waals surface area contributed by atoms with Crippen LogP contribution in [0.25, 0.3) is 0 Å². The first-order chi connectivity index (χ1) is 8.83. The Labute approximate surface area is 109 Å². The lowest BCUT2D eigenvalue weighted by atomic mass is 9.91. The summed E-state index contributed by atoms with van der Waals surface area (Å²) >= 11 is 1.56. The molecule has 1 aliphatic rings. The van der Waals surface area contributed by atoms with Crippen LogP contribution in [0.5, 0.6) is 5.75 Å². The highest BCUT2D eigenvalue weighted by molar-refractivity contribution is 7.07. The summed E-state index contributed by atoms with van der Waals surface area (Å²) in [5.41, 5.74) is 4.71. The summed E-state index contributed by atoms with van der Waals surface area (Å²) in [6.07, 6.45) is 2.59. The van der Waals surface area contributed by atoms with Crippen molar-refractivity contribution in [3.63, 3.8) is 0 Å². The molecule has 0 spiro atoms. The second-order valence-electron chi connectivity index (χ2n) is 4.36. The van der Waals surface area contributed by atoms with Crippen molar-refractivity contribution in [3.05, 3.63) is 45.9 Å². The van der Waals surface area contributed by atoms with Gasteiger partial charge in [-0.2, -0.15) is 0 Å². The molecule has 3 nitrogen and oxygen atoms in total. The van der Waals surface area contributed by atoms with E-state index in [0.717, 1.165) is 35.4 Å². The van der Waals surface area contributed by atoms with Gasteiger partial charge in [-0.1, -0.05) is 0 Å². The van der Waals surface area contributed by atoms with Crippen molar-refractivity contribution in [1.29, 1.82) is 0 Å². The third kappa shape index (κ3) is 2.29. The van der Waals surface area contributed by atoms with Gasteiger partial charge in [0.15, 0.2) is 5.78 Å². The van der Waals surface area contributed by atoms with Crippen molar-refractivity contribution >= 4 is 17.1 Å². The second-order valence-corrected chi connectivity index (χ2v) is 5.08. The van der Waals surface area contributed by atoms with Gasteiger partial charge in [-0.25, -0.2) is 4.98 Å². The van der Waals surface area contributed by atoms with Crippen molar-refractivity contribution in [2.45, 2.75) is 25.9 Å². The Hall–Kier alpha value is -1.68. The molecule has 1 aromatic heterocycles. The van der Waals surface area contributed by atoms with Crippen LogP contribution >= 0.6 is 11.3 Å². The van der Waals surface area contributed by atoms with E-state index in [4.69, 9.17) is 4.74 Å². The lowest BCUT2D eigenvalue weighted by Gasteiger charge is -2.15. The second kappa shape index (κ2) is 4.90. The summed E-state index contributed by atoms with van der Waals surface area (Å²) in [7, 11) is 0. The van der Waals surface area contributed by atoms with Crippen LogP contribution in [-0.4, -0.2) is 10.8 Å². The molecule has 0 bridgehead atoms. The van der Waals surface area contributed by atoms with Gasteiger partial charge in [0.2, 0.25) is 0 Å². The number of aromatic nitrogens is 1. The van der Waals surface area contributed by atoms with Crippen molar-refractivity contribution in [3.8, 4) is 5.75 Å². The average Bonchev–Trinajstić information content (AvgIpc) is 2.90. The molecule has 0 radical (unpaired) electrons. The summed E-state index contributed by atoms with van der Waals surface area (Å²) < 4.78 is 5.68. The van der Waals surface area contributed by atoms with Crippen LogP contribution < -0.4 is 4.74 Å². The van der Waals surface area contributed by atoms with Crippen LogP contribution in [0.3, 0.4) is 0 Å². The Morgan fingerprint density at radius 2 is 2.28 bits per heavy atom. The molecule has 0 N–H and O–H groups in total. The van der Waals surface area contributed by atoms with E-state index in [1.54, 1.807) is 16.8 Å². The first kappa shape index (κ1) is 11.4. The van der Waals surface area contributed by atoms with Gasteiger partial charge in [0, 0.05) is 17.4 Å². The number of hydrogen-bond acceptors (Lipinski definition) is 4. The van der Waals surface area contributed by atoms with E-state index in [1.807, 2.05) is 23.6 Å². The average molecular weight is 259 g/mol. The fraction of sp³-hybridized carbons (Fsp3) is 0.286. The van der Waals surface area contributed by atoms with Gasteiger partial charge in [-0.3, -0.25) is 4.79 Å². The third-order valence-electron chi connectivity index (χ3n) is 3.10. The molecular weight excluding hydrogens is 246 g/mol. The number of carbonyl (C=O) groups is 1. The zero-order chi connectivity index (χ0) is 12.4. The maximum atomic E-state index is 11.7. The van der Waals surface area contributed by atoms with E-state index >= 15 is 0 Å². The van der Waals surface area contributed by atoms with Gasteiger partial charge in [0.1, 0.15) is 12.4 Å². The molecule has 1 aliphatic carbocycles. The summed E-state index contributed by atoms with van der Waals surface area (Å²) in [6.45, 7) is 0.482. The van der Waals surface area contributed by atoms with Crippen LogP contribution in [0.1, 0.15) is 34.5 Å². The third-order valence-corrected chi connectivity index (χ3v) is 3.73. The molecular formula is C14H13NO2S. The predicted molar refractivity (Wildman–Crippen MR) is 70.2 cm³/mol. The smallest absolute Gasteiger partial charge is 0.163 e. The Kier molecular flexibility index (Phi) is 3.11. The fourth-order valence-corrected chi connectivity index (χ4v) is 2.72. The Bertz CT molecular complexity index is 563. The van der Waals surface area contributed by atoms with Gasteiger partial charge in [-0.15, -0.1) is 11.3 Å². The van der Waals surface area contributed by atoms with E-state index in [-0.39, 0.29) is 5.78 Å². The molecule has 0 amide bonds. The first-order valence-corrected chi connectivity index (χ1v) is 6.93. The standard InChI is InChI=1S/C14H13NO2S/c16-14-3-1-2-10-6-12(4-5-13(10)14)17-7-11-8-18-9-15-11/h4-6,8-9H,1-3,7H2. The molecule has 2 aromatic rings. The summed E-state index contributed by atoms with van der Waals surface area (Å²) in [5.74, 6) is 1.07. The highest BCUT2D eigenvalue weighted by Gasteiger charge is 2.17. The minimum Gasteiger partial charge on any atom is -0.487 e. The van der Waals surface area contributed by atoms with Crippen molar-refractivity contribution in [2.75, 3.05) is 0 Å². The number of hydrogen-bond donors (Lipinski definition) is 0. The summed E-state index contributed by atoms with van der Waals surface area (Å²) in [6, 6.07) is 5.74. The molecule has 92 valence electrons. The van der Waals surface area contributed by atoms with Crippen LogP contribution in [0.4, 0.5) is 0 Å². The molecule has 0 saturated heterocycles. The Balaban J connectivity index is 1.76. The van der Waals surface area contributed by atoms with Crippen LogP contribution in [-0.2, 0) is 13.0 Å². The maximum absolute atomic E-state index is 11.7. The minimum atomic E-state index is 0.252. The topological polar surface area (TPSA) is 39.2 Å². The molecule has 0 fully saturated rings. The fourth-order valence-electron chi connectivity index (χ4n) is 2.18. The molecule has 18 heavy (non-hydrogen) atoms. The van der Waals surface area contributed by atoms with Gasteiger partial charge in [-0.05, 0) is 36.6 Å². The lowest BCUT2D eigenvalue weighted by Crippen LogP contribution is -2.10. The van der Waals surface area contributed by atoms with E-state index in [9.17, 15) is 4.79 Å². The number of rotatable bonds is 3. The highest BCUT2D eigenvalue weighted by atomic mass is 32.1. The van der Waals surface area contributed by atoms with Gasteiger partial charge in [0.05, 0.1) is 11.2 Å². The molecule has 0 atom stereocenters. The van der Waals surface area contributed by atoms with Crippen LogP contribution in [0.2, 0.25) is 0 Å². The molecule has 3 rings (SSSR count). The summed E-state index contributed by atoms with van der Waals surface area (Å²) in [4.78, 5) is 15.9.